The Kier molecular flexibility index (Phi) is 7.40. The van der Waals surface area contributed by atoms with E-state index in [-0.39, 0.29) is 6.61 Å². The molecule has 1 fully saturated rings. The molecule has 1 aliphatic carbocycles. The number of hydrogen-bond donors (Lipinski definition) is 2. The van der Waals surface area contributed by atoms with Crippen molar-refractivity contribution in [2.24, 2.45) is 0 Å². The highest BCUT2D eigenvalue weighted by atomic mass is 79.9. The Bertz CT molecular complexity index is 1470. The van der Waals surface area contributed by atoms with Gasteiger partial charge in [-0.25, -0.2) is 4.79 Å². The van der Waals surface area contributed by atoms with Gasteiger partial charge in [0.15, 0.2) is 5.76 Å². The zero-order valence-electron chi connectivity index (χ0n) is 20.5. The number of nitrogens with zero attached hydrogens (tertiary/aromatic N) is 1. The predicted molar refractivity (Wildman–Crippen MR) is 151 cm³/mol. The fourth-order valence-electron chi connectivity index (χ4n) is 4.42. The van der Waals surface area contributed by atoms with E-state index >= 15 is 0 Å². The van der Waals surface area contributed by atoms with Gasteiger partial charge in [0.05, 0.1) is 12.0 Å². The molecule has 1 aromatic heterocycles. The lowest BCUT2D eigenvalue weighted by Gasteiger charge is -2.11. The number of anilines is 1. The number of hydrogen-bond acceptors (Lipinski definition) is 5. The van der Waals surface area contributed by atoms with Crippen LogP contribution in [0, 0.1) is 6.92 Å². The first kappa shape index (κ1) is 26.2. The first-order valence-electron chi connectivity index (χ1n) is 12.0. The minimum atomic E-state index is -0.761. The second-order valence-electron chi connectivity index (χ2n) is 9.30. The number of halogens is 2. The first-order chi connectivity index (χ1) is 18.2. The highest BCUT2D eigenvalue weighted by molar-refractivity contribution is 9.11. The van der Waals surface area contributed by atoms with Crippen molar-refractivity contribution in [1.29, 1.82) is 0 Å². The van der Waals surface area contributed by atoms with Crippen molar-refractivity contribution < 1.29 is 24.0 Å². The van der Waals surface area contributed by atoms with Gasteiger partial charge in [-0.3, -0.25) is 10.1 Å². The van der Waals surface area contributed by atoms with Crippen LogP contribution in [0.3, 0.4) is 0 Å². The van der Waals surface area contributed by atoms with Crippen LogP contribution in [0.2, 0.25) is 0 Å². The number of amides is 1. The van der Waals surface area contributed by atoms with E-state index in [2.05, 4.69) is 42.3 Å². The molecule has 7 nitrogen and oxygen atoms in total. The molecular weight excluding hydrogens is 616 g/mol. The molecule has 1 heterocycles. The Morgan fingerprint density at radius 3 is 2.13 bits per heavy atom. The van der Waals surface area contributed by atoms with Gasteiger partial charge in [0.2, 0.25) is 0 Å². The fourth-order valence-corrected chi connectivity index (χ4v) is 5.80. The SMILES string of the molecule is Cc1noc(-c2ccc(-c3ccc(C4(C(=O)O)CC4)cc3)cc2)c1NC(=O)OCCc1cc(Br)cc(Br)c1. The van der Waals surface area contributed by atoms with Crippen molar-refractivity contribution in [3.05, 3.63) is 92.5 Å². The summed E-state index contributed by atoms with van der Waals surface area (Å²) in [6.07, 6.45) is 1.35. The molecule has 4 aromatic rings. The summed E-state index contributed by atoms with van der Waals surface area (Å²) in [5, 5.41) is 16.3. The molecule has 3 aromatic carbocycles. The number of rotatable bonds is 8. The summed E-state index contributed by atoms with van der Waals surface area (Å²) in [5.41, 5.74) is 4.87. The molecule has 0 atom stereocenters. The lowest BCUT2D eigenvalue weighted by atomic mass is 9.93. The maximum atomic E-state index is 12.5. The number of carboxylic acids is 1. The lowest BCUT2D eigenvalue weighted by molar-refractivity contribution is -0.140. The standard InChI is InChI=1S/C29H24Br2N2O5/c1-17-25(32-28(36)37-13-10-18-14-23(30)16-24(31)15-18)26(38-33-17)21-4-2-19(3-5-21)20-6-8-22(9-7-20)29(11-12-29)27(34)35/h2-9,14-16H,10-13H2,1H3,(H,32,36)(H,34,35). The van der Waals surface area contributed by atoms with Crippen molar-refractivity contribution in [2.75, 3.05) is 11.9 Å². The van der Waals surface area contributed by atoms with Crippen LogP contribution in [0.15, 0.2) is 80.2 Å². The maximum Gasteiger partial charge on any atom is 0.411 e. The van der Waals surface area contributed by atoms with Crippen LogP contribution in [0.25, 0.3) is 22.5 Å². The molecule has 0 aliphatic heterocycles. The number of aromatic nitrogens is 1. The molecule has 9 heteroatoms. The van der Waals surface area contributed by atoms with E-state index in [0.29, 0.717) is 36.4 Å². The molecule has 0 unspecified atom stereocenters. The molecule has 5 rings (SSSR count). The molecular formula is C29H24Br2N2O5. The summed E-state index contributed by atoms with van der Waals surface area (Å²) >= 11 is 6.92. The number of ether oxygens (including phenoxy) is 1. The van der Waals surface area contributed by atoms with Crippen LogP contribution in [0.1, 0.15) is 29.7 Å². The normalized spacial score (nSPS) is 13.7. The van der Waals surface area contributed by atoms with Gasteiger partial charge in [-0.1, -0.05) is 85.5 Å². The fraction of sp³-hybridized carbons (Fsp3) is 0.207. The van der Waals surface area contributed by atoms with Crippen molar-refractivity contribution >= 4 is 49.6 Å². The third-order valence-corrected chi connectivity index (χ3v) is 7.63. The Morgan fingerprint density at radius 1 is 0.974 bits per heavy atom. The number of carbonyl (C=O) groups is 2. The smallest absolute Gasteiger partial charge is 0.411 e. The molecule has 0 saturated heterocycles. The minimum Gasteiger partial charge on any atom is -0.481 e. The van der Waals surface area contributed by atoms with Gasteiger partial charge >= 0.3 is 12.1 Å². The molecule has 1 aliphatic rings. The minimum absolute atomic E-state index is 0.218. The van der Waals surface area contributed by atoms with Gasteiger partial charge in [-0.05, 0) is 60.2 Å². The van der Waals surface area contributed by atoms with Crippen LogP contribution in [0.5, 0.6) is 0 Å². The third-order valence-electron chi connectivity index (χ3n) is 6.71. The van der Waals surface area contributed by atoms with Crippen LogP contribution >= 0.6 is 31.9 Å². The van der Waals surface area contributed by atoms with Gasteiger partial charge in [0.25, 0.3) is 0 Å². The highest BCUT2D eigenvalue weighted by Crippen LogP contribution is 2.48. The van der Waals surface area contributed by atoms with E-state index in [0.717, 1.165) is 36.8 Å². The van der Waals surface area contributed by atoms with Crippen LogP contribution in [0.4, 0.5) is 10.5 Å². The number of aliphatic carboxylic acids is 1. The van der Waals surface area contributed by atoms with Crippen LogP contribution in [-0.4, -0.2) is 28.9 Å². The lowest BCUT2D eigenvalue weighted by Crippen LogP contribution is -2.19. The van der Waals surface area contributed by atoms with E-state index in [4.69, 9.17) is 9.26 Å². The maximum absolute atomic E-state index is 12.5. The molecule has 194 valence electrons. The second kappa shape index (κ2) is 10.7. The van der Waals surface area contributed by atoms with Crippen LogP contribution < -0.4 is 5.32 Å². The summed E-state index contributed by atoms with van der Waals surface area (Å²) in [7, 11) is 0. The van der Waals surface area contributed by atoms with Gasteiger partial charge in [0, 0.05) is 20.9 Å². The Morgan fingerprint density at radius 2 is 1.55 bits per heavy atom. The molecule has 0 radical (unpaired) electrons. The van der Waals surface area contributed by atoms with Crippen LogP contribution in [-0.2, 0) is 21.4 Å². The number of aryl methyl sites for hydroxylation is 1. The van der Waals surface area contributed by atoms with Gasteiger partial charge < -0.3 is 14.4 Å². The van der Waals surface area contributed by atoms with Gasteiger partial charge in [-0.2, -0.15) is 0 Å². The van der Waals surface area contributed by atoms with Crippen molar-refractivity contribution in [3.8, 4) is 22.5 Å². The van der Waals surface area contributed by atoms with E-state index in [1.165, 1.54) is 0 Å². The second-order valence-corrected chi connectivity index (χ2v) is 11.1. The third kappa shape index (κ3) is 5.54. The monoisotopic (exact) mass is 638 g/mol. The van der Waals surface area contributed by atoms with Crippen molar-refractivity contribution in [2.45, 2.75) is 31.6 Å². The number of nitrogens with one attached hydrogen (secondary N) is 1. The van der Waals surface area contributed by atoms with Crippen molar-refractivity contribution in [3.63, 3.8) is 0 Å². The summed E-state index contributed by atoms with van der Waals surface area (Å²) in [5.74, 6) is -0.322. The predicted octanol–water partition coefficient (Wildman–Crippen LogP) is 7.75. The van der Waals surface area contributed by atoms with Gasteiger partial charge in [-0.15, -0.1) is 0 Å². The topological polar surface area (TPSA) is 102 Å². The van der Waals surface area contributed by atoms with Gasteiger partial charge in [0.1, 0.15) is 11.4 Å². The summed E-state index contributed by atoms with van der Waals surface area (Å²) in [4.78, 5) is 24.1. The molecule has 1 saturated carbocycles. The largest absolute Gasteiger partial charge is 0.481 e. The molecule has 0 spiro atoms. The van der Waals surface area contributed by atoms with Crippen molar-refractivity contribution in [1.82, 2.24) is 5.16 Å². The highest BCUT2D eigenvalue weighted by Gasteiger charge is 2.51. The van der Waals surface area contributed by atoms with E-state index in [1.807, 2.05) is 66.7 Å². The summed E-state index contributed by atoms with van der Waals surface area (Å²) in [6, 6.07) is 21.3. The first-order valence-corrected chi connectivity index (χ1v) is 13.6. The number of carbonyl (C=O) groups excluding carboxylic acids is 1. The van der Waals surface area contributed by atoms with E-state index in [9.17, 15) is 14.7 Å². The number of carboxylic acid groups (broad SMARTS) is 1. The Balaban J connectivity index is 1.24. The molecule has 1 amide bonds. The number of benzene rings is 3. The Labute approximate surface area is 236 Å². The average Bonchev–Trinajstić information content (AvgIpc) is 3.63. The molecule has 0 bridgehead atoms. The summed E-state index contributed by atoms with van der Waals surface area (Å²) < 4.78 is 12.8. The van der Waals surface area contributed by atoms with E-state index in [1.54, 1.807) is 6.92 Å². The summed E-state index contributed by atoms with van der Waals surface area (Å²) in [6.45, 7) is 1.97. The van der Waals surface area contributed by atoms with E-state index < -0.39 is 17.5 Å². The quantitative estimate of drug-likeness (QED) is 0.204. The molecule has 2 N–H and O–H groups in total. The zero-order valence-corrected chi connectivity index (χ0v) is 23.6. The zero-order chi connectivity index (χ0) is 26.9. The molecule has 38 heavy (non-hydrogen) atoms. The Hall–Kier alpha value is -3.43. The average molecular weight is 640 g/mol.